The van der Waals surface area contributed by atoms with E-state index in [1.165, 1.54) is 0 Å². The highest BCUT2D eigenvalue weighted by Gasteiger charge is 2.11. The molecule has 33 heavy (non-hydrogen) atoms. The molecule has 0 fully saturated rings. The summed E-state index contributed by atoms with van der Waals surface area (Å²) in [6.07, 6.45) is 1.55. The van der Waals surface area contributed by atoms with Gasteiger partial charge in [-0.25, -0.2) is 5.43 Å². The van der Waals surface area contributed by atoms with Crippen LogP contribution in [0.25, 0.3) is 0 Å². The summed E-state index contributed by atoms with van der Waals surface area (Å²) in [5.74, 6) is 1.39. The molecule has 6 nitrogen and oxygen atoms in total. The van der Waals surface area contributed by atoms with E-state index in [0.29, 0.717) is 36.0 Å². The Kier molecular flexibility index (Phi) is 9.34. The Hall–Kier alpha value is -2.36. The lowest BCUT2D eigenvalue weighted by Gasteiger charge is -2.11. The first kappa shape index (κ1) is 25.3. The molecule has 0 aliphatic heterocycles. The Labute approximate surface area is 217 Å². The summed E-state index contributed by atoms with van der Waals surface area (Å²) in [5, 5.41) is 4.07. The van der Waals surface area contributed by atoms with Gasteiger partial charge >= 0.3 is 0 Å². The number of nitrogens with one attached hydrogen (secondary N) is 1. The quantitative estimate of drug-likeness (QED) is 0.208. The minimum Gasteiger partial charge on any atom is -0.493 e. The second kappa shape index (κ2) is 12.2. The van der Waals surface area contributed by atoms with E-state index in [1.54, 1.807) is 31.5 Å². The number of halogens is 3. The lowest BCUT2D eigenvalue weighted by atomic mass is 10.2. The lowest BCUT2D eigenvalue weighted by Crippen LogP contribution is -2.17. The maximum absolute atomic E-state index is 12.5. The molecule has 0 aliphatic carbocycles. The van der Waals surface area contributed by atoms with Crippen molar-refractivity contribution in [2.75, 3.05) is 13.7 Å². The fourth-order valence-corrected chi connectivity index (χ4v) is 4.56. The summed E-state index contributed by atoms with van der Waals surface area (Å²) < 4.78 is 19.3. The van der Waals surface area contributed by atoms with Crippen molar-refractivity contribution in [1.82, 2.24) is 5.43 Å². The number of hydrazone groups is 1. The van der Waals surface area contributed by atoms with E-state index in [9.17, 15) is 4.79 Å². The summed E-state index contributed by atoms with van der Waals surface area (Å²) in [6, 6.07) is 16.6. The Morgan fingerprint density at radius 3 is 2.30 bits per heavy atom. The van der Waals surface area contributed by atoms with Crippen LogP contribution in [-0.4, -0.2) is 25.8 Å². The zero-order chi connectivity index (χ0) is 23.8. The molecule has 0 aliphatic rings. The number of hydrogen-bond donors (Lipinski definition) is 1. The second-order valence-electron chi connectivity index (χ2n) is 6.73. The van der Waals surface area contributed by atoms with Gasteiger partial charge in [0.1, 0.15) is 12.4 Å². The van der Waals surface area contributed by atoms with E-state index in [-0.39, 0.29) is 5.91 Å². The van der Waals surface area contributed by atoms with Crippen molar-refractivity contribution in [3.05, 3.63) is 84.7 Å². The van der Waals surface area contributed by atoms with E-state index >= 15 is 0 Å². The minimum atomic E-state index is -0.359. The van der Waals surface area contributed by atoms with E-state index in [4.69, 9.17) is 14.2 Å². The van der Waals surface area contributed by atoms with Gasteiger partial charge in [0.25, 0.3) is 5.91 Å². The first-order chi connectivity index (χ1) is 15.9. The Morgan fingerprint density at radius 1 is 0.970 bits per heavy atom. The van der Waals surface area contributed by atoms with Crippen LogP contribution in [0.1, 0.15) is 28.4 Å². The van der Waals surface area contributed by atoms with Gasteiger partial charge < -0.3 is 14.2 Å². The maximum atomic E-state index is 12.5. The van der Waals surface area contributed by atoms with Gasteiger partial charge in [0.15, 0.2) is 11.5 Å². The summed E-state index contributed by atoms with van der Waals surface area (Å²) in [7, 11) is 1.55. The van der Waals surface area contributed by atoms with Crippen LogP contribution in [0.4, 0.5) is 0 Å². The number of carbonyl (C=O) groups is 1. The highest BCUT2D eigenvalue weighted by atomic mass is 79.9. The SMILES string of the molecule is CCOc1cc(C(=O)N/N=C/c2cc(Br)c(OCc3ccc(Br)cc3)c(Br)c2)ccc1OC. The van der Waals surface area contributed by atoms with Gasteiger partial charge in [0.05, 0.1) is 28.9 Å². The summed E-state index contributed by atoms with van der Waals surface area (Å²) in [6.45, 7) is 2.76. The van der Waals surface area contributed by atoms with Crippen LogP contribution in [0.5, 0.6) is 17.2 Å². The van der Waals surface area contributed by atoms with Crippen molar-refractivity contribution in [3.8, 4) is 17.2 Å². The molecule has 0 heterocycles. The molecule has 0 radical (unpaired) electrons. The number of benzene rings is 3. The van der Waals surface area contributed by atoms with Crippen LogP contribution >= 0.6 is 47.8 Å². The molecule has 0 bridgehead atoms. The monoisotopic (exact) mass is 638 g/mol. The molecule has 3 aromatic rings. The third-order valence-corrected chi connectivity index (χ3v) is 6.13. The van der Waals surface area contributed by atoms with Crippen molar-refractivity contribution in [2.45, 2.75) is 13.5 Å². The van der Waals surface area contributed by atoms with Crippen LogP contribution in [-0.2, 0) is 6.61 Å². The van der Waals surface area contributed by atoms with Gasteiger partial charge in [-0.2, -0.15) is 5.10 Å². The molecule has 0 saturated heterocycles. The number of hydrogen-bond acceptors (Lipinski definition) is 5. The molecule has 1 N–H and O–H groups in total. The second-order valence-corrected chi connectivity index (χ2v) is 9.35. The third kappa shape index (κ3) is 7.06. The summed E-state index contributed by atoms with van der Waals surface area (Å²) >= 11 is 10.5. The van der Waals surface area contributed by atoms with Crippen molar-refractivity contribution in [3.63, 3.8) is 0 Å². The zero-order valence-electron chi connectivity index (χ0n) is 17.9. The van der Waals surface area contributed by atoms with Crippen molar-refractivity contribution in [1.29, 1.82) is 0 Å². The van der Waals surface area contributed by atoms with E-state index < -0.39 is 0 Å². The van der Waals surface area contributed by atoms with Crippen LogP contribution in [0.3, 0.4) is 0 Å². The Morgan fingerprint density at radius 2 is 1.67 bits per heavy atom. The first-order valence-electron chi connectivity index (χ1n) is 9.91. The highest BCUT2D eigenvalue weighted by Crippen LogP contribution is 2.35. The Bertz CT molecular complexity index is 1130. The smallest absolute Gasteiger partial charge is 0.271 e. The largest absolute Gasteiger partial charge is 0.493 e. The number of nitrogens with zero attached hydrogens (tertiary/aromatic N) is 1. The average Bonchev–Trinajstić information content (AvgIpc) is 2.80. The van der Waals surface area contributed by atoms with Gasteiger partial charge in [0, 0.05) is 10.0 Å². The maximum Gasteiger partial charge on any atom is 0.271 e. The van der Waals surface area contributed by atoms with Crippen molar-refractivity contribution < 1.29 is 19.0 Å². The van der Waals surface area contributed by atoms with Gasteiger partial charge in [0.2, 0.25) is 0 Å². The summed E-state index contributed by atoms with van der Waals surface area (Å²) in [5.41, 5.74) is 4.77. The van der Waals surface area contributed by atoms with Crippen molar-refractivity contribution >= 4 is 59.9 Å². The lowest BCUT2D eigenvalue weighted by molar-refractivity contribution is 0.0954. The van der Waals surface area contributed by atoms with Gasteiger partial charge in [-0.05, 0) is 92.4 Å². The van der Waals surface area contributed by atoms with E-state index in [1.807, 2.05) is 43.3 Å². The molecular weight excluding hydrogens is 620 g/mol. The first-order valence-corrected chi connectivity index (χ1v) is 12.3. The van der Waals surface area contributed by atoms with Crippen LogP contribution in [0, 0.1) is 0 Å². The Balaban J connectivity index is 1.64. The molecule has 172 valence electrons. The molecule has 3 rings (SSSR count). The molecule has 0 aromatic heterocycles. The number of ether oxygens (including phenoxy) is 3. The average molecular weight is 641 g/mol. The number of methoxy groups -OCH3 is 1. The van der Waals surface area contributed by atoms with Crippen molar-refractivity contribution in [2.24, 2.45) is 5.10 Å². The normalized spacial score (nSPS) is 10.8. The fourth-order valence-electron chi connectivity index (χ4n) is 2.84. The molecule has 0 saturated carbocycles. The summed E-state index contributed by atoms with van der Waals surface area (Å²) in [4.78, 5) is 12.5. The zero-order valence-corrected chi connectivity index (χ0v) is 22.7. The van der Waals surface area contributed by atoms with Gasteiger partial charge in [-0.3, -0.25) is 4.79 Å². The molecule has 0 spiro atoms. The topological polar surface area (TPSA) is 69.2 Å². The number of rotatable bonds is 9. The molecule has 9 heteroatoms. The molecule has 1 amide bonds. The standard InChI is InChI=1S/C24H21Br3N2O4/c1-3-32-22-12-17(6-9-21(22)31-2)24(30)29-28-13-16-10-19(26)23(20(27)11-16)33-14-15-4-7-18(25)8-5-15/h4-13H,3,14H2,1-2H3,(H,29,30)/b28-13+. The fraction of sp³-hybridized carbons (Fsp3) is 0.167. The predicted molar refractivity (Wildman–Crippen MR) is 140 cm³/mol. The van der Waals surface area contributed by atoms with Crippen LogP contribution in [0.15, 0.2) is 73.1 Å². The van der Waals surface area contributed by atoms with Crippen LogP contribution in [0.2, 0.25) is 0 Å². The van der Waals surface area contributed by atoms with Gasteiger partial charge in [-0.15, -0.1) is 0 Å². The molecular formula is C24H21Br3N2O4. The highest BCUT2D eigenvalue weighted by molar-refractivity contribution is 9.11. The minimum absolute atomic E-state index is 0.359. The molecule has 0 unspecified atom stereocenters. The molecule has 3 aromatic carbocycles. The van der Waals surface area contributed by atoms with Crippen LogP contribution < -0.4 is 19.6 Å². The van der Waals surface area contributed by atoms with E-state index in [0.717, 1.165) is 24.5 Å². The predicted octanol–water partition coefficient (Wildman–Crippen LogP) is 6.72. The van der Waals surface area contributed by atoms with Gasteiger partial charge in [-0.1, -0.05) is 28.1 Å². The molecule has 0 atom stereocenters. The van der Waals surface area contributed by atoms with E-state index in [2.05, 4.69) is 58.3 Å². The third-order valence-electron chi connectivity index (χ3n) is 4.42. The number of carbonyl (C=O) groups excluding carboxylic acids is 1. The number of amides is 1.